The maximum atomic E-state index is 12.3. The zero-order chi connectivity index (χ0) is 17.0. The molecule has 0 radical (unpaired) electrons. The molecule has 23 heavy (non-hydrogen) atoms. The predicted octanol–water partition coefficient (Wildman–Crippen LogP) is 2.67. The van der Waals surface area contributed by atoms with Crippen LogP contribution in [0.15, 0.2) is 48.5 Å². The van der Waals surface area contributed by atoms with Crippen LogP contribution >= 0.6 is 0 Å². The first kappa shape index (κ1) is 16.8. The molecular formula is C16H19N3O3S. The molecule has 0 aromatic heterocycles. The minimum atomic E-state index is -3.46. The van der Waals surface area contributed by atoms with Gasteiger partial charge in [-0.2, -0.15) is 0 Å². The lowest BCUT2D eigenvalue weighted by atomic mass is 10.2. The van der Waals surface area contributed by atoms with E-state index in [4.69, 9.17) is 5.73 Å². The van der Waals surface area contributed by atoms with E-state index in [9.17, 15) is 13.2 Å². The van der Waals surface area contributed by atoms with Crippen LogP contribution in [0.25, 0.3) is 0 Å². The van der Waals surface area contributed by atoms with Gasteiger partial charge in [-0.15, -0.1) is 0 Å². The van der Waals surface area contributed by atoms with Crippen LogP contribution in [0.5, 0.6) is 0 Å². The Morgan fingerprint density at radius 2 is 1.78 bits per heavy atom. The zero-order valence-corrected chi connectivity index (χ0v) is 13.7. The summed E-state index contributed by atoms with van der Waals surface area (Å²) in [7, 11) is -3.46. The quantitative estimate of drug-likeness (QED) is 0.732. The standard InChI is InChI=1S/C16H19N3O3S/c1-11(2)23(21,22)19-13-7-5-6-12(10-13)16(20)18-15-9-4-3-8-14(15)17/h3-11,19H,17H2,1-2H3,(H,18,20). The largest absolute Gasteiger partial charge is 0.397 e. The van der Waals surface area contributed by atoms with E-state index >= 15 is 0 Å². The molecule has 0 aliphatic carbocycles. The number of hydrogen-bond acceptors (Lipinski definition) is 4. The summed E-state index contributed by atoms with van der Waals surface area (Å²) < 4.78 is 26.2. The molecule has 0 spiro atoms. The van der Waals surface area contributed by atoms with Crippen LogP contribution in [-0.2, 0) is 10.0 Å². The van der Waals surface area contributed by atoms with Crippen LogP contribution in [0.1, 0.15) is 24.2 Å². The first-order valence-corrected chi connectivity index (χ1v) is 8.62. The molecule has 6 nitrogen and oxygen atoms in total. The van der Waals surface area contributed by atoms with E-state index in [0.29, 0.717) is 22.6 Å². The third-order valence-corrected chi connectivity index (χ3v) is 4.98. The van der Waals surface area contributed by atoms with Crippen molar-refractivity contribution in [1.29, 1.82) is 0 Å². The molecule has 0 heterocycles. The Balaban J connectivity index is 2.20. The number of amides is 1. The highest BCUT2D eigenvalue weighted by atomic mass is 32.2. The average Bonchev–Trinajstić information content (AvgIpc) is 2.49. The molecule has 0 saturated heterocycles. The number of carbonyl (C=O) groups excluding carboxylic acids is 1. The fourth-order valence-electron chi connectivity index (χ4n) is 1.81. The summed E-state index contributed by atoms with van der Waals surface area (Å²) in [5.41, 5.74) is 7.42. The Kier molecular flexibility index (Phi) is 4.90. The second-order valence-electron chi connectivity index (χ2n) is 5.32. The topological polar surface area (TPSA) is 101 Å². The molecule has 4 N–H and O–H groups in total. The van der Waals surface area contributed by atoms with Gasteiger partial charge in [0.05, 0.1) is 16.6 Å². The molecule has 122 valence electrons. The summed E-state index contributed by atoms with van der Waals surface area (Å²) >= 11 is 0. The Morgan fingerprint density at radius 3 is 2.43 bits per heavy atom. The van der Waals surface area contributed by atoms with Gasteiger partial charge in [-0.25, -0.2) is 8.42 Å². The number of rotatable bonds is 5. The molecular weight excluding hydrogens is 314 g/mol. The smallest absolute Gasteiger partial charge is 0.255 e. The highest BCUT2D eigenvalue weighted by Gasteiger charge is 2.16. The van der Waals surface area contributed by atoms with Crippen molar-refractivity contribution in [2.75, 3.05) is 15.8 Å². The lowest BCUT2D eigenvalue weighted by Gasteiger charge is -2.12. The summed E-state index contributed by atoms with van der Waals surface area (Å²) in [5, 5.41) is 2.13. The summed E-state index contributed by atoms with van der Waals surface area (Å²) in [4.78, 5) is 12.3. The van der Waals surface area contributed by atoms with Crippen molar-refractivity contribution in [3.63, 3.8) is 0 Å². The zero-order valence-electron chi connectivity index (χ0n) is 12.9. The number of nitrogens with two attached hydrogens (primary N) is 1. The van der Waals surface area contributed by atoms with E-state index < -0.39 is 15.3 Å². The summed E-state index contributed by atoms with van der Waals surface area (Å²) in [6.45, 7) is 3.16. The van der Waals surface area contributed by atoms with Crippen molar-refractivity contribution in [3.05, 3.63) is 54.1 Å². The van der Waals surface area contributed by atoms with E-state index in [-0.39, 0.29) is 5.91 Å². The molecule has 0 unspecified atom stereocenters. The van der Waals surface area contributed by atoms with Crippen LogP contribution in [0, 0.1) is 0 Å². The Bertz CT molecular complexity index is 817. The van der Waals surface area contributed by atoms with Crippen LogP contribution in [0.3, 0.4) is 0 Å². The minimum absolute atomic E-state index is 0.331. The van der Waals surface area contributed by atoms with Crippen LogP contribution < -0.4 is 15.8 Å². The van der Waals surface area contributed by atoms with Gasteiger partial charge in [-0.3, -0.25) is 9.52 Å². The van der Waals surface area contributed by atoms with Crippen LogP contribution in [0.2, 0.25) is 0 Å². The van der Waals surface area contributed by atoms with E-state index in [0.717, 1.165) is 0 Å². The van der Waals surface area contributed by atoms with Gasteiger partial charge in [0.2, 0.25) is 10.0 Å². The second kappa shape index (κ2) is 6.70. The number of benzene rings is 2. The van der Waals surface area contributed by atoms with Gasteiger partial charge in [-0.05, 0) is 44.2 Å². The van der Waals surface area contributed by atoms with Crippen molar-refractivity contribution in [2.45, 2.75) is 19.1 Å². The number of nitrogens with one attached hydrogen (secondary N) is 2. The fraction of sp³-hybridized carbons (Fsp3) is 0.188. The van der Waals surface area contributed by atoms with Gasteiger partial charge in [-0.1, -0.05) is 18.2 Å². The molecule has 0 aliphatic heterocycles. The first-order chi connectivity index (χ1) is 10.8. The number of hydrogen-bond donors (Lipinski definition) is 3. The van der Waals surface area contributed by atoms with E-state index in [1.807, 2.05) is 0 Å². The first-order valence-electron chi connectivity index (χ1n) is 7.07. The van der Waals surface area contributed by atoms with Gasteiger partial charge in [0.15, 0.2) is 0 Å². The Hall–Kier alpha value is -2.54. The van der Waals surface area contributed by atoms with Gasteiger partial charge >= 0.3 is 0 Å². The van der Waals surface area contributed by atoms with Crippen molar-refractivity contribution < 1.29 is 13.2 Å². The molecule has 2 aromatic carbocycles. The highest BCUT2D eigenvalue weighted by molar-refractivity contribution is 7.93. The maximum Gasteiger partial charge on any atom is 0.255 e. The van der Waals surface area contributed by atoms with Crippen LogP contribution in [0.4, 0.5) is 17.1 Å². The monoisotopic (exact) mass is 333 g/mol. The molecule has 0 bridgehead atoms. The summed E-state index contributed by atoms with van der Waals surface area (Å²) in [5.74, 6) is -0.367. The molecule has 2 aromatic rings. The average molecular weight is 333 g/mol. The predicted molar refractivity (Wildman–Crippen MR) is 92.9 cm³/mol. The lowest BCUT2D eigenvalue weighted by Crippen LogP contribution is -2.22. The molecule has 0 fully saturated rings. The number of carbonyl (C=O) groups is 1. The summed E-state index contributed by atoms with van der Waals surface area (Å²) in [6, 6.07) is 13.2. The van der Waals surface area contributed by atoms with Gasteiger partial charge in [0, 0.05) is 11.3 Å². The van der Waals surface area contributed by atoms with Crippen molar-refractivity contribution in [1.82, 2.24) is 0 Å². The van der Waals surface area contributed by atoms with Gasteiger partial charge < -0.3 is 11.1 Å². The third-order valence-electron chi connectivity index (χ3n) is 3.21. The van der Waals surface area contributed by atoms with Crippen molar-refractivity contribution >= 4 is 33.0 Å². The summed E-state index contributed by atoms with van der Waals surface area (Å²) in [6.07, 6.45) is 0. The second-order valence-corrected chi connectivity index (χ2v) is 7.55. The van der Waals surface area contributed by atoms with E-state index in [1.165, 1.54) is 6.07 Å². The fourth-order valence-corrected chi connectivity index (χ4v) is 2.50. The Labute approximate surface area is 135 Å². The molecule has 2 rings (SSSR count). The van der Waals surface area contributed by atoms with Gasteiger partial charge in [0.1, 0.15) is 0 Å². The van der Waals surface area contributed by atoms with E-state index in [1.54, 1.807) is 56.3 Å². The SMILES string of the molecule is CC(C)S(=O)(=O)Nc1cccc(C(=O)Nc2ccccc2N)c1. The highest BCUT2D eigenvalue weighted by Crippen LogP contribution is 2.19. The molecule has 1 amide bonds. The van der Waals surface area contributed by atoms with Crippen molar-refractivity contribution in [3.8, 4) is 0 Å². The Morgan fingerprint density at radius 1 is 1.09 bits per heavy atom. The van der Waals surface area contributed by atoms with Crippen molar-refractivity contribution in [2.24, 2.45) is 0 Å². The third kappa shape index (κ3) is 4.23. The molecule has 0 atom stereocenters. The number of para-hydroxylation sites is 2. The maximum absolute atomic E-state index is 12.3. The minimum Gasteiger partial charge on any atom is -0.397 e. The number of nitrogen functional groups attached to an aromatic ring is 1. The lowest BCUT2D eigenvalue weighted by molar-refractivity contribution is 0.102. The van der Waals surface area contributed by atoms with Gasteiger partial charge in [0.25, 0.3) is 5.91 Å². The number of sulfonamides is 1. The number of anilines is 3. The molecule has 0 saturated carbocycles. The normalized spacial score (nSPS) is 11.3. The molecule has 0 aliphatic rings. The van der Waals surface area contributed by atoms with E-state index in [2.05, 4.69) is 10.0 Å². The molecule has 7 heteroatoms. The van der Waals surface area contributed by atoms with Crippen LogP contribution in [-0.4, -0.2) is 19.6 Å².